The van der Waals surface area contributed by atoms with Crippen LogP contribution in [0, 0.1) is 0 Å². The number of hydrogen-bond acceptors (Lipinski definition) is 5. The van der Waals surface area contributed by atoms with E-state index in [1.807, 2.05) is 25.3 Å². The van der Waals surface area contributed by atoms with Gasteiger partial charge in [-0.25, -0.2) is 4.98 Å². The van der Waals surface area contributed by atoms with Crippen LogP contribution in [0.15, 0.2) is 0 Å². The molecule has 3 heterocycles. The van der Waals surface area contributed by atoms with Crippen LogP contribution in [0.5, 0.6) is 0 Å². The highest BCUT2D eigenvalue weighted by molar-refractivity contribution is 5.97. The molecule has 1 fully saturated rings. The summed E-state index contributed by atoms with van der Waals surface area (Å²) in [6.45, 7) is 11.2. The molecule has 0 bridgehead atoms. The quantitative estimate of drug-likeness (QED) is 0.793. The van der Waals surface area contributed by atoms with E-state index in [0.29, 0.717) is 18.1 Å². The number of aromatic nitrogens is 2. The number of imidazole rings is 1. The van der Waals surface area contributed by atoms with Gasteiger partial charge in [0.1, 0.15) is 5.69 Å². The molecule has 0 aliphatic carbocycles. The van der Waals surface area contributed by atoms with Crippen LogP contribution in [0.1, 0.15) is 60.4 Å². The smallest absolute Gasteiger partial charge is 0.287 e. The van der Waals surface area contributed by atoms with E-state index in [1.165, 1.54) is 0 Å². The lowest BCUT2D eigenvalue weighted by molar-refractivity contribution is 0.0383. The minimum absolute atomic E-state index is 0.191. The Morgan fingerprint density at radius 1 is 1.11 bits per heavy atom. The third-order valence-electron chi connectivity index (χ3n) is 4.84. The molecule has 0 atom stereocenters. The molecule has 1 aromatic rings. The maximum atomic E-state index is 12.7. The normalized spacial score (nSPS) is 18.0. The molecule has 2 aliphatic rings. The summed E-state index contributed by atoms with van der Waals surface area (Å²) in [5.41, 5.74) is 0.929. The lowest BCUT2D eigenvalue weighted by Gasteiger charge is -2.26. The van der Waals surface area contributed by atoms with Gasteiger partial charge in [0.2, 0.25) is 0 Å². The van der Waals surface area contributed by atoms with Gasteiger partial charge in [-0.3, -0.25) is 14.5 Å². The van der Waals surface area contributed by atoms with Crippen molar-refractivity contribution in [1.29, 1.82) is 0 Å². The Balaban J connectivity index is 1.68. The van der Waals surface area contributed by atoms with Crippen molar-refractivity contribution in [3.05, 3.63) is 17.2 Å². The molecule has 3 rings (SSSR count). The largest absolute Gasteiger partial charge is 0.379 e. The van der Waals surface area contributed by atoms with Crippen molar-refractivity contribution >= 4 is 11.8 Å². The van der Waals surface area contributed by atoms with Crippen molar-refractivity contribution < 1.29 is 14.3 Å². The van der Waals surface area contributed by atoms with Crippen molar-refractivity contribution in [2.75, 3.05) is 39.4 Å². The molecule has 0 spiro atoms. The first-order valence-electron chi connectivity index (χ1n) is 9.85. The van der Waals surface area contributed by atoms with Gasteiger partial charge in [-0.2, -0.15) is 0 Å². The average Bonchev–Trinajstić information content (AvgIpc) is 3.01. The van der Waals surface area contributed by atoms with Gasteiger partial charge in [0, 0.05) is 38.3 Å². The molecule has 27 heavy (non-hydrogen) atoms. The third-order valence-corrected chi connectivity index (χ3v) is 4.84. The van der Waals surface area contributed by atoms with Crippen molar-refractivity contribution in [3.63, 3.8) is 0 Å². The summed E-state index contributed by atoms with van der Waals surface area (Å²) in [5.74, 6) is -0.0697. The van der Waals surface area contributed by atoms with Crippen LogP contribution < -0.4 is 10.6 Å². The Morgan fingerprint density at radius 2 is 1.85 bits per heavy atom. The summed E-state index contributed by atoms with van der Waals surface area (Å²) in [5, 5.41) is 5.92. The lowest BCUT2D eigenvalue weighted by Crippen LogP contribution is -2.42. The van der Waals surface area contributed by atoms with Gasteiger partial charge >= 0.3 is 0 Å². The zero-order valence-corrected chi connectivity index (χ0v) is 16.6. The predicted octanol–water partition coefficient (Wildman–Crippen LogP) is 0.810. The van der Waals surface area contributed by atoms with Gasteiger partial charge < -0.3 is 19.9 Å². The van der Waals surface area contributed by atoms with Crippen LogP contribution >= 0.6 is 0 Å². The van der Waals surface area contributed by atoms with E-state index in [0.717, 1.165) is 64.3 Å². The van der Waals surface area contributed by atoms with Crippen LogP contribution in [-0.2, 0) is 17.7 Å². The number of morpholine rings is 1. The molecule has 1 aromatic heterocycles. The second-order valence-electron chi connectivity index (χ2n) is 8.25. The fourth-order valence-electron chi connectivity index (χ4n) is 3.53. The zero-order valence-electron chi connectivity index (χ0n) is 16.6. The molecule has 150 valence electrons. The number of nitrogens with zero attached hydrogens (tertiary/aromatic N) is 3. The molecule has 8 nitrogen and oxygen atoms in total. The van der Waals surface area contributed by atoms with Crippen molar-refractivity contribution in [3.8, 4) is 0 Å². The first-order valence-corrected chi connectivity index (χ1v) is 9.85. The molecule has 2 N–H and O–H groups in total. The summed E-state index contributed by atoms with van der Waals surface area (Å²) in [4.78, 5) is 32.1. The standard InChI is InChI=1S/C19H31N5O3/c1-19(2,3)22-18(26)16-21-15(14-6-4-5-8-24(14)16)17(25)20-7-9-23-10-12-27-13-11-23/h4-13H2,1-3H3,(H,20,25)(H,22,26). The molecular formula is C19H31N5O3. The summed E-state index contributed by atoms with van der Waals surface area (Å²) in [6, 6.07) is 0. The second kappa shape index (κ2) is 8.39. The minimum atomic E-state index is -0.348. The molecular weight excluding hydrogens is 346 g/mol. The highest BCUT2D eigenvalue weighted by atomic mass is 16.5. The molecule has 0 saturated carbocycles. The molecule has 0 unspecified atom stereocenters. The Morgan fingerprint density at radius 3 is 2.56 bits per heavy atom. The monoisotopic (exact) mass is 377 g/mol. The number of ether oxygens (including phenoxy) is 1. The average molecular weight is 377 g/mol. The lowest BCUT2D eigenvalue weighted by atomic mass is 10.1. The van der Waals surface area contributed by atoms with Crippen LogP contribution in [0.25, 0.3) is 0 Å². The Bertz CT molecular complexity index is 686. The minimum Gasteiger partial charge on any atom is -0.379 e. The highest BCUT2D eigenvalue weighted by Gasteiger charge is 2.28. The fourth-order valence-corrected chi connectivity index (χ4v) is 3.53. The first-order chi connectivity index (χ1) is 12.8. The van der Waals surface area contributed by atoms with E-state index in [1.54, 1.807) is 0 Å². The topological polar surface area (TPSA) is 88.5 Å². The van der Waals surface area contributed by atoms with Crippen LogP contribution in [0.4, 0.5) is 0 Å². The maximum Gasteiger partial charge on any atom is 0.287 e. The SMILES string of the molecule is CC(C)(C)NC(=O)c1nc(C(=O)NCCN2CCOCC2)c2n1CCCC2. The van der Waals surface area contributed by atoms with Crippen molar-refractivity contribution in [2.24, 2.45) is 0 Å². The van der Waals surface area contributed by atoms with E-state index in [-0.39, 0.29) is 17.4 Å². The number of nitrogens with one attached hydrogen (secondary N) is 2. The molecule has 8 heteroatoms. The van der Waals surface area contributed by atoms with E-state index in [2.05, 4.69) is 20.5 Å². The van der Waals surface area contributed by atoms with Gasteiger partial charge in [0.15, 0.2) is 5.82 Å². The van der Waals surface area contributed by atoms with Gasteiger partial charge in [-0.15, -0.1) is 0 Å². The molecule has 2 aliphatic heterocycles. The summed E-state index contributed by atoms with van der Waals surface area (Å²) >= 11 is 0. The van der Waals surface area contributed by atoms with E-state index >= 15 is 0 Å². The number of hydrogen-bond donors (Lipinski definition) is 2. The highest BCUT2D eigenvalue weighted by Crippen LogP contribution is 2.21. The Labute approximate surface area is 160 Å². The zero-order chi connectivity index (χ0) is 19.4. The Kier molecular flexibility index (Phi) is 6.16. The molecule has 2 amide bonds. The van der Waals surface area contributed by atoms with Crippen molar-refractivity contribution in [1.82, 2.24) is 25.1 Å². The number of rotatable bonds is 5. The maximum absolute atomic E-state index is 12.7. The van der Waals surface area contributed by atoms with E-state index < -0.39 is 0 Å². The number of fused-ring (bicyclic) bond motifs is 1. The van der Waals surface area contributed by atoms with E-state index in [9.17, 15) is 9.59 Å². The van der Waals surface area contributed by atoms with Gasteiger partial charge in [-0.1, -0.05) is 0 Å². The van der Waals surface area contributed by atoms with Gasteiger partial charge in [0.25, 0.3) is 11.8 Å². The number of carbonyl (C=O) groups excluding carboxylic acids is 2. The summed E-state index contributed by atoms with van der Waals surface area (Å²) < 4.78 is 7.26. The van der Waals surface area contributed by atoms with E-state index in [4.69, 9.17) is 4.74 Å². The second-order valence-corrected chi connectivity index (χ2v) is 8.25. The van der Waals surface area contributed by atoms with Crippen LogP contribution in [0.3, 0.4) is 0 Å². The Hall–Kier alpha value is -1.93. The first kappa shape index (κ1) is 19.8. The van der Waals surface area contributed by atoms with Crippen LogP contribution in [-0.4, -0.2) is 71.2 Å². The van der Waals surface area contributed by atoms with Crippen molar-refractivity contribution in [2.45, 2.75) is 52.1 Å². The number of amides is 2. The summed E-state index contributed by atoms with van der Waals surface area (Å²) in [7, 11) is 0. The van der Waals surface area contributed by atoms with Crippen LogP contribution in [0.2, 0.25) is 0 Å². The molecule has 0 radical (unpaired) electrons. The molecule has 1 saturated heterocycles. The predicted molar refractivity (Wildman–Crippen MR) is 102 cm³/mol. The molecule has 0 aromatic carbocycles. The third kappa shape index (κ3) is 5.07. The number of carbonyl (C=O) groups is 2. The summed E-state index contributed by atoms with van der Waals surface area (Å²) in [6.07, 6.45) is 2.79. The fraction of sp³-hybridized carbons (Fsp3) is 0.737. The van der Waals surface area contributed by atoms with Gasteiger partial charge in [0.05, 0.1) is 18.9 Å². The van der Waals surface area contributed by atoms with Gasteiger partial charge in [-0.05, 0) is 40.0 Å².